The standard InChI is InChI=1S/C9H19N3O2S/c1-7(2)11-15(13,14)12-5-8-3-10-4-9(8)6-12/h7-11H,3-6H2,1-2H3. The lowest BCUT2D eigenvalue weighted by atomic mass is 10.0. The van der Waals surface area contributed by atoms with Gasteiger partial charge in [0.05, 0.1) is 0 Å². The van der Waals surface area contributed by atoms with Gasteiger partial charge in [0.1, 0.15) is 0 Å². The fourth-order valence-corrected chi connectivity index (χ4v) is 3.90. The Kier molecular flexibility index (Phi) is 3.03. The van der Waals surface area contributed by atoms with Gasteiger partial charge in [-0.05, 0) is 38.8 Å². The average Bonchev–Trinajstić information content (AvgIpc) is 2.56. The van der Waals surface area contributed by atoms with Gasteiger partial charge in [-0.25, -0.2) is 0 Å². The van der Waals surface area contributed by atoms with E-state index in [1.165, 1.54) is 0 Å². The van der Waals surface area contributed by atoms with Gasteiger partial charge in [-0.15, -0.1) is 0 Å². The summed E-state index contributed by atoms with van der Waals surface area (Å²) in [5, 5.41) is 3.30. The number of rotatable bonds is 3. The Balaban J connectivity index is 2.01. The van der Waals surface area contributed by atoms with Crippen LogP contribution in [-0.4, -0.2) is 44.9 Å². The van der Waals surface area contributed by atoms with Crippen molar-refractivity contribution in [2.24, 2.45) is 11.8 Å². The lowest BCUT2D eigenvalue weighted by molar-refractivity contribution is 0.433. The maximum absolute atomic E-state index is 11.9. The lowest BCUT2D eigenvalue weighted by Gasteiger charge is -2.19. The topological polar surface area (TPSA) is 61.4 Å². The van der Waals surface area contributed by atoms with Crippen LogP contribution in [0.5, 0.6) is 0 Å². The molecule has 5 nitrogen and oxygen atoms in total. The molecule has 0 spiro atoms. The van der Waals surface area contributed by atoms with E-state index in [1.807, 2.05) is 13.8 Å². The molecule has 0 saturated carbocycles. The molecule has 2 rings (SSSR count). The summed E-state index contributed by atoms with van der Waals surface area (Å²) in [6, 6.07) is -0.0337. The fraction of sp³-hybridized carbons (Fsp3) is 1.00. The minimum absolute atomic E-state index is 0.0337. The van der Waals surface area contributed by atoms with Gasteiger partial charge < -0.3 is 5.32 Å². The molecule has 2 aliphatic heterocycles. The minimum Gasteiger partial charge on any atom is -0.316 e. The van der Waals surface area contributed by atoms with Crippen LogP contribution in [0.1, 0.15) is 13.8 Å². The molecule has 0 aromatic rings. The maximum Gasteiger partial charge on any atom is 0.279 e. The number of fused-ring (bicyclic) bond motifs is 1. The molecule has 2 aliphatic rings. The first-order chi connectivity index (χ1) is 6.99. The van der Waals surface area contributed by atoms with Gasteiger partial charge in [0, 0.05) is 19.1 Å². The van der Waals surface area contributed by atoms with Crippen molar-refractivity contribution >= 4 is 10.2 Å². The third-order valence-corrected chi connectivity index (χ3v) is 4.83. The van der Waals surface area contributed by atoms with E-state index in [-0.39, 0.29) is 6.04 Å². The first kappa shape index (κ1) is 11.3. The van der Waals surface area contributed by atoms with Gasteiger partial charge >= 0.3 is 0 Å². The van der Waals surface area contributed by atoms with E-state index >= 15 is 0 Å². The van der Waals surface area contributed by atoms with Crippen LogP contribution in [0.25, 0.3) is 0 Å². The van der Waals surface area contributed by atoms with E-state index in [9.17, 15) is 8.42 Å². The third-order valence-electron chi connectivity index (χ3n) is 3.08. The van der Waals surface area contributed by atoms with Crippen molar-refractivity contribution in [3.63, 3.8) is 0 Å². The Morgan fingerprint density at radius 3 is 2.27 bits per heavy atom. The highest BCUT2D eigenvalue weighted by Crippen LogP contribution is 2.27. The number of nitrogens with one attached hydrogen (secondary N) is 2. The molecule has 0 amide bonds. The Morgan fingerprint density at radius 1 is 1.27 bits per heavy atom. The number of nitrogens with zero attached hydrogens (tertiary/aromatic N) is 1. The maximum atomic E-state index is 11.9. The van der Waals surface area contributed by atoms with Crippen LogP contribution in [0, 0.1) is 11.8 Å². The normalized spacial score (nSPS) is 32.5. The molecule has 6 heteroatoms. The van der Waals surface area contributed by atoms with Crippen LogP contribution in [-0.2, 0) is 10.2 Å². The van der Waals surface area contributed by atoms with Gasteiger partial charge in [0.25, 0.3) is 10.2 Å². The number of hydrogen-bond donors (Lipinski definition) is 2. The third kappa shape index (κ3) is 2.33. The molecule has 2 N–H and O–H groups in total. The molecule has 0 bridgehead atoms. The SMILES string of the molecule is CC(C)NS(=O)(=O)N1CC2CNCC2C1. The zero-order valence-electron chi connectivity index (χ0n) is 9.23. The average molecular weight is 233 g/mol. The summed E-state index contributed by atoms with van der Waals surface area (Å²) in [7, 11) is -3.25. The van der Waals surface area contributed by atoms with E-state index in [0.29, 0.717) is 24.9 Å². The molecule has 2 saturated heterocycles. The van der Waals surface area contributed by atoms with E-state index in [0.717, 1.165) is 13.1 Å². The second-order valence-electron chi connectivity index (χ2n) is 4.77. The van der Waals surface area contributed by atoms with Crippen molar-refractivity contribution in [2.75, 3.05) is 26.2 Å². The van der Waals surface area contributed by atoms with Gasteiger partial charge in [-0.3, -0.25) is 0 Å². The van der Waals surface area contributed by atoms with Crippen molar-refractivity contribution in [3.8, 4) is 0 Å². The van der Waals surface area contributed by atoms with Crippen LogP contribution in [0.3, 0.4) is 0 Å². The van der Waals surface area contributed by atoms with Gasteiger partial charge in [-0.2, -0.15) is 17.4 Å². The summed E-state index contributed by atoms with van der Waals surface area (Å²) in [6.45, 7) is 6.93. The molecule has 0 radical (unpaired) electrons. The van der Waals surface area contributed by atoms with E-state index < -0.39 is 10.2 Å². The minimum atomic E-state index is -3.25. The highest BCUT2D eigenvalue weighted by atomic mass is 32.2. The zero-order valence-corrected chi connectivity index (χ0v) is 10.0. The van der Waals surface area contributed by atoms with Crippen molar-refractivity contribution in [1.82, 2.24) is 14.3 Å². The molecule has 2 fully saturated rings. The molecule has 88 valence electrons. The van der Waals surface area contributed by atoms with Crippen LogP contribution in [0.4, 0.5) is 0 Å². The van der Waals surface area contributed by atoms with Crippen molar-refractivity contribution in [2.45, 2.75) is 19.9 Å². The van der Waals surface area contributed by atoms with Crippen molar-refractivity contribution in [3.05, 3.63) is 0 Å². The smallest absolute Gasteiger partial charge is 0.279 e. The van der Waals surface area contributed by atoms with E-state index in [2.05, 4.69) is 10.0 Å². The molecule has 2 unspecified atom stereocenters. The molecule has 0 aliphatic carbocycles. The van der Waals surface area contributed by atoms with Crippen molar-refractivity contribution in [1.29, 1.82) is 0 Å². The Morgan fingerprint density at radius 2 is 1.80 bits per heavy atom. The molecular weight excluding hydrogens is 214 g/mol. The Labute approximate surface area is 91.4 Å². The summed E-state index contributed by atoms with van der Waals surface area (Å²) < 4.78 is 28.0. The molecule has 15 heavy (non-hydrogen) atoms. The second kappa shape index (κ2) is 4.01. The molecule has 2 atom stereocenters. The van der Waals surface area contributed by atoms with Gasteiger partial charge in [-0.1, -0.05) is 0 Å². The molecule has 0 aromatic carbocycles. The Bertz CT molecular complexity index is 316. The van der Waals surface area contributed by atoms with E-state index in [4.69, 9.17) is 0 Å². The predicted octanol–water partition coefficient (Wildman–Crippen LogP) is -0.620. The predicted molar refractivity (Wildman–Crippen MR) is 58.6 cm³/mol. The zero-order chi connectivity index (χ0) is 11.1. The van der Waals surface area contributed by atoms with Crippen LogP contribution < -0.4 is 10.0 Å². The first-order valence-electron chi connectivity index (χ1n) is 5.47. The molecular formula is C9H19N3O2S. The fourth-order valence-electron chi connectivity index (χ4n) is 2.38. The molecule has 2 heterocycles. The summed E-state index contributed by atoms with van der Waals surface area (Å²) in [5.41, 5.74) is 0. The lowest BCUT2D eigenvalue weighted by Crippen LogP contribution is -2.43. The quantitative estimate of drug-likeness (QED) is 0.683. The van der Waals surface area contributed by atoms with E-state index in [1.54, 1.807) is 4.31 Å². The highest BCUT2D eigenvalue weighted by Gasteiger charge is 2.40. The summed E-state index contributed by atoms with van der Waals surface area (Å²) in [4.78, 5) is 0. The van der Waals surface area contributed by atoms with Crippen LogP contribution in [0.15, 0.2) is 0 Å². The van der Waals surface area contributed by atoms with Crippen LogP contribution in [0.2, 0.25) is 0 Å². The summed E-state index contributed by atoms with van der Waals surface area (Å²) in [5.74, 6) is 1.02. The van der Waals surface area contributed by atoms with Crippen LogP contribution >= 0.6 is 0 Å². The Hall–Kier alpha value is -0.170. The summed E-state index contributed by atoms with van der Waals surface area (Å²) >= 11 is 0. The highest BCUT2D eigenvalue weighted by molar-refractivity contribution is 7.87. The number of hydrogen-bond acceptors (Lipinski definition) is 3. The van der Waals surface area contributed by atoms with Gasteiger partial charge in [0.15, 0.2) is 0 Å². The monoisotopic (exact) mass is 233 g/mol. The summed E-state index contributed by atoms with van der Waals surface area (Å²) in [6.07, 6.45) is 0. The second-order valence-corrected chi connectivity index (χ2v) is 6.48. The molecule has 0 aromatic heterocycles. The van der Waals surface area contributed by atoms with Crippen molar-refractivity contribution < 1.29 is 8.42 Å². The largest absolute Gasteiger partial charge is 0.316 e. The first-order valence-corrected chi connectivity index (χ1v) is 6.91. The van der Waals surface area contributed by atoms with Gasteiger partial charge in [0.2, 0.25) is 0 Å².